The molecule has 2 atom stereocenters. The highest BCUT2D eigenvalue weighted by molar-refractivity contribution is 6.64. The minimum atomic E-state index is -0.276. The number of carbonyl (C=O) groups is 1. The van der Waals surface area contributed by atoms with Crippen LogP contribution in [-0.2, 0) is 4.79 Å². The van der Waals surface area contributed by atoms with Gasteiger partial charge in [-0.25, -0.2) is 0 Å². The molecule has 84 valence electrons. The predicted octanol–water partition coefficient (Wildman–Crippen LogP) is 4.32. The maximum atomic E-state index is 10.9. The molecular weight excluding hydrogens is 266 g/mol. The van der Waals surface area contributed by atoms with E-state index < -0.39 is 0 Å². The van der Waals surface area contributed by atoms with Crippen LogP contribution >= 0.6 is 34.8 Å². The van der Waals surface area contributed by atoms with Gasteiger partial charge in [-0.15, -0.1) is 0 Å². The van der Waals surface area contributed by atoms with Crippen LogP contribution in [-0.4, -0.2) is 5.24 Å². The van der Waals surface area contributed by atoms with E-state index in [2.05, 4.69) is 0 Å². The van der Waals surface area contributed by atoms with Gasteiger partial charge in [0.05, 0.1) is 0 Å². The molecule has 1 nitrogen and oxygen atoms in total. The number of hydrogen-bond donors (Lipinski definition) is 0. The summed E-state index contributed by atoms with van der Waals surface area (Å²) in [5.41, 5.74) is 0.902. The Bertz CT molecular complexity index is 436. The van der Waals surface area contributed by atoms with Crippen molar-refractivity contribution in [1.82, 2.24) is 0 Å². The topological polar surface area (TPSA) is 17.1 Å². The summed E-state index contributed by atoms with van der Waals surface area (Å²) in [6.07, 6.45) is 2.68. The summed E-state index contributed by atoms with van der Waals surface area (Å²) >= 11 is 17.3. The van der Waals surface area contributed by atoms with Gasteiger partial charge in [-0.3, -0.25) is 4.79 Å². The first-order valence-corrected chi connectivity index (χ1v) is 6.04. The van der Waals surface area contributed by atoms with Crippen LogP contribution in [0.15, 0.2) is 30.3 Å². The van der Waals surface area contributed by atoms with Gasteiger partial charge in [0.1, 0.15) is 0 Å². The molecule has 0 saturated heterocycles. The van der Waals surface area contributed by atoms with Crippen LogP contribution in [0.4, 0.5) is 0 Å². The van der Waals surface area contributed by atoms with Gasteiger partial charge in [-0.2, -0.15) is 0 Å². The average molecular weight is 276 g/mol. The molecule has 0 amide bonds. The molecule has 1 fully saturated rings. The van der Waals surface area contributed by atoms with Crippen LogP contribution in [0.3, 0.4) is 0 Å². The monoisotopic (exact) mass is 274 g/mol. The fourth-order valence-electron chi connectivity index (χ4n) is 1.55. The van der Waals surface area contributed by atoms with Crippen molar-refractivity contribution in [3.63, 3.8) is 0 Å². The Hall–Kier alpha value is -0.500. The Labute approximate surface area is 109 Å². The van der Waals surface area contributed by atoms with E-state index in [9.17, 15) is 4.79 Å². The molecule has 0 aliphatic heterocycles. The Morgan fingerprint density at radius 2 is 1.88 bits per heavy atom. The molecular formula is C12H9Cl3O. The number of halogens is 3. The van der Waals surface area contributed by atoms with E-state index in [0.717, 1.165) is 12.0 Å². The fourth-order valence-corrected chi connectivity index (χ4v) is 2.22. The van der Waals surface area contributed by atoms with Gasteiger partial charge in [0.15, 0.2) is 0 Å². The lowest BCUT2D eigenvalue weighted by Crippen LogP contribution is -1.90. The highest BCUT2D eigenvalue weighted by Gasteiger charge is 2.40. The lowest BCUT2D eigenvalue weighted by atomic mass is 10.2. The number of benzene rings is 1. The predicted molar refractivity (Wildman–Crippen MR) is 67.7 cm³/mol. The third-order valence-corrected chi connectivity index (χ3v) is 3.49. The molecule has 0 radical (unpaired) electrons. The summed E-state index contributed by atoms with van der Waals surface area (Å²) in [5, 5.41) is 1.04. The molecule has 1 saturated carbocycles. The van der Waals surface area contributed by atoms with E-state index in [0.29, 0.717) is 10.1 Å². The Morgan fingerprint density at radius 1 is 1.25 bits per heavy atom. The van der Waals surface area contributed by atoms with Gasteiger partial charge >= 0.3 is 0 Å². The molecule has 0 heterocycles. The van der Waals surface area contributed by atoms with E-state index in [4.69, 9.17) is 34.8 Å². The molecule has 1 aromatic rings. The SMILES string of the molecule is O=C(Cl)[C@H]1C[C@@H]1/C=C(\Cl)c1ccc(Cl)cc1. The minimum absolute atomic E-state index is 0.0530. The molecule has 1 aliphatic rings. The maximum absolute atomic E-state index is 10.9. The molecule has 1 aromatic carbocycles. The normalized spacial score (nSPS) is 24.3. The largest absolute Gasteiger partial charge is 0.281 e. The highest BCUT2D eigenvalue weighted by Crippen LogP contribution is 2.43. The van der Waals surface area contributed by atoms with Crippen molar-refractivity contribution in [3.05, 3.63) is 40.9 Å². The van der Waals surface area contributed by atoms with E-state index in [1.807, 2.05) is 18.2 Å². The lowest BCUT2D eigenvalue weighted by molar-refractivity contribution is -0.112. The van der Waals surface area contributed by atoms with Crippen molar-refractivity contribution < 1.29 is 4.79 Å². The van der Waals surface area contributed by atoms with Gasteiger partial charge in [0.2, 0.25) is 5.24 Å². The van der Waals surface area contributed by atoms with Crippen LogP contribution in [0, 0.1) is 11.8 Å². The zero-order chi connectivity index (χ0) is 11.7. The number of rotatable bonds is 3. The van der Waals surface area contributed by atoms with Gasteiger partial charge in [-0.1, -0.05) is 41.4 Å². The summed E-state index contributed by atoms with van der Waals surface area (Å²) in [6, 6.07) is 7.26. The second-order valence-corrected chi connectivity index (χ2v) is 5.05. The smallest absolute Gasteiger partial charge is 0.225 e. The third-order valence-electron chi connectivity index (χ3n) is 2.61. The van der Waals surface area contributed by atoms with Gasteiger partial charge in [-0.05, 0) is 41.6 Å². The molecule has 0 aromatic heterocycles. The zero-order valence-corrected chi connectivity index (χ0v) is 10.6. The van der Waals surface area contributed by atoms with Crippen molar-refractivity contribution >= 4 is 45.1 Å². The first kappa shape index (κ1) is 12.0. The summed E-state index contributed by atoms with van der Waals surface area (Å²) < 4.78 is 0. The summed E-state index contributed by atoms with van der Waals surface area (Å²) in [6.45, 7) is 0. The third kappa shape index (κ3) is 2.79. The van der Waals surface area contributed by atoms with Crippen LogP contribution in [0.1, 0.15) is 12.0 Å². The van der Waals surface area contributed by atoms with Crippen LogP contribution in [0.2, 0.25) is 5.02 Å². The van der Waals surface area contributed by atoms with E-state index in [1.54, 1.807) is 12.1 Å². The quantitative estimate of drug-likeness (QED) is 0.751. The van der Waals surface area contributed by atoms with Crippen molar-refractivity contribution in [2.75, 3.05) is 0 Å². The molecule has 0 N–H and O–H groups in total. The van der Waals surface area contributed by atoms with E-state index in [-0.39, 0.29) is 17.1 Å². The Kier molecular flexibility index (Phi) is 3.58. The second-order valence-electron chi connectivity index (χ2n) is 3.83. The fraction of sp³-hybridized carbons (Fsp3) is 0.250. The lowest BCUT2D eigenvalue weighted by Gasteiger charge is -1.99. The van der Waals surface area contributed by atoms with E-state index in [1.165, 1.54) is 0 Å². The van der Waals surface area contributed by atoms with Crippen molar-refractivity contribution in [2.24, 2.45) is 11.8 Å². The molecule has 2 rings (SSSR count). The van der Waals surface area contributed by atoms with Gasteiger partial charge < -0.3 is 0 Å². The van der Waals surface area contributed by atoms with Crippen LogP contribution < -0.4 is 0 Å². The Balaban J connectivity index is 2.08. The van der Waals surface area contributed by atoms with E-state index >= 15 is 0 Å². The van der Waals surface area contributed by atoms with Gasteiger partial charge in [0, 0.05) is 16.0 Å². The van der Waals surface area contributed by atoms with Crippen molar-refractivity contribution in [3.8, 4) is 0 Å². The molecule has 1 aliphatic carbocycles. The van der Waals surface area contributed by atoms with Gasteiger partial charge in [0.25, 0.3) is 0 Å². The molecule has 4 heteroatoms. The average Bonchev–Trinajstić information content (AvgIpc) is 2.98. The van der Waals surface area contributed by atoms with Crippen molar-refractivity contribution in [2.45, 2.75) is 6.42 Å². The molecule has 0 unspecified atom stereocenters. The maximum Gasteiger partial charge on any atom is 0.225 e. The molecule has 0 spiro atoms. The molecule has 0 bridgehead atoms. The second kappa shape index (κ2) is 4.79. The number of carbonyl (C=O) groups excluding carboxylic acids is 1. The number of hydrogen-bond acceptors (Lipinski definition) is 1. The molecule has 16 heavy (non-hydrogen) atoms. The summed E-state index contributed by atoms with van der Waals surface area (Å²) in [4.78, 5) is 10.9. The first-order valence-electron chi connectivity index (χ1n) is 4.90. The Morgan fingerprint density at radius 3 is 2.38 bits per heavy atom. The van der Waals surface area contributed by atoms with Crippen LogP contribution in [0.5, 0.6) is 0 Å². The summed E-state index contributed by atoms with van der Waals surface area (Å²) in [7, 11) is 0. The standard InChI is InChI=1S/C12H9Cl3O/c13-9-3-1-7(2-4-9)11(14)6-8-5-10(8)12(15)16/h1-4,6,8,10H,5H2/b11-6-/t8-,10+/m1/s1. The highest BCUT2D eigenvalue weighted by atomic mass is 35.5. The van der Waals surface area contributed by atoms with Crippen molar-refractivity contribution in [1.29, 1.82) is 0 Å². The zero-order valence-electron chi connectivity index (χ0n) is 8.29. The summed E-state index contributed by atoms with van der Waals surface area (Å²) in [5.74, 6) is 0.135. The first-order chi connectivity index (χ1) is 7.58. The minimum Gasteiger partial charge on any atom is -0.281 e. The van der Waals surface area contributed by atoms with Crippen LogP contribution in [0.25, 0.3) is 5.03 Å². The number of allylic oxidation sites excluding steroid dienone is 1.